The van der Waals surface area contributed by atoms with Crippen molar-refractivity contribution in [3.63, 3.8) is 0 Å². The predicted molar refractivity (Wildman–Crippen MR) is 48.7 cm³/mol. The first kappa shape index (κ1) is 11.9. The summed E-state index contributed by atoms with van der Waals surface area (Å²) >= 11 is 0. The van der Waals surface area contributed by atoms with E-state index in [1.54, 1.807) is 0 Å². The second-order valence-electron chi connectivity index (χ2n) is 2.98. The van der Waals surface area contributed by atoms with E-state index in [2.05, 4.69) is 0 Å². The van der Waals surface area contributed by atoms with E-state index in [0.29, 0.717) is 0 Å². The lowest BCUT2D eigenvalue weighted by Gasteiger charge is -2.09. The lowest BCUT2D eigenvalue weighted by molar-refractivity contribution is -0.386. The Bertz CT molecular complexity index is 518. The number of nitro groups is 1. The van der Waals surface area contributed by atoms with Crippen LogP contribution in [-0.4, -0.2) is 21.0 Å². The zero-order valence-electron chi connectivity index (χ0n) is 8.14. The number of carbonyl (C=O) groups is 1. The zero-order chi connectivity index (χ0) is 12.5. The number of aromatic amines is 1. The minimum absolute atomic E-state index is 0.121. The quantitative estimate of drug-likeness (QED) is 0.473. The highest BCUT2D eigenvalue weighted by molar-refractivity contribution is 5.88. The number of carbonyl (C=O) groups excluding carboxylic acids is 1. The van der Waals surface area contributed by atoms with Gasteiger partial charge in [-0.05, 0) is 6.92 Å². The molecule has 0 aliphatic carbocycles. The van der Waals surface area contributed by atoms with Gasteiger partial charge in [0.2, 0.25) is 0 Å². The summed E-state index contributed by atoms with van der Waals surface area (Å²) in [5, 5.41) is 30.2. The molecular weight excluding hydrogens is 220 g/mol. The molecule has 8 nitrogen and oxygen atoms in total. The third kappa shape index (κ3) is 1.77. The molecular formula is C8H7N2O6-. The molecule has 86 valence electrons. The average Bonchev–Trinajstić information content (AvgIpc) is 2.14. The van der Waals surface area contributed by atoms with Crippen molar-refractivity contribution in [2.75, 3.05) is 0 Å². The standard InChI is InChI=1S/C8H8N2O6/c1-3-6(10(15)16)4(2-11)5(8(13)14)7(12)9-3/h11H,2H2,1H3,(H,9,12)(H,13,14)/p-1. The fourth-order valence-corrected chi connectivity index (χ4v) is 1.39. The Balaban J connectivity index is 3.77. The fourth-order valence-electron chi connectivity index (χ4n) is 1.39. The number of nitrogens with zero attached hydrogens (tertiary/aromatic N) is 1. The summed E-state index contributed by atoms with van der Waals surface area (Å²) in [6.45, 7) is 0.308. The van der Waals surface area contributed by atoms with E-state index in [1.807, 2.05) is 4.98 Å². The van der Waals surface area contributed by atoms with Gasteiger partial charge in [0.25, 0.3) is 11.2 Å². The van der Waals surface area contributed by atoms with E-state index in [1.165, 1.54) is 6.92 Å². The summed E-state index contributed by atoms with van der Waals surface area (Å²) in [4.78, 5) is 33.6. The van der Waals surface area contributed by atoms with Gasteiger partial charge in [-0.15, -0.1) is 0 Å². The van der Waals surface area contributed by atoms with Crippen LogP contribution in [0.3, 0.4) is 0 Å². The number of aliphatic hydroxyl groups is 1. The van der Waals surface area contributed by atoms with Gasteiger partial charge in [0.1, 0.15) is 0 Å². The molecule has 0 atom stereocenters. The molecule has 16 heavy (non-hydrogen) atoms. The number of aryl methyl sites for hydroxylation is 1. The lowest BCUT2D eigenvalue weighted by atomic mass is 10.1. The molecule has 0 saturated heterocycles. The highest BCUT2D eigenvalue weighted by atomic mass is 16.6. The number of aliphatic hydroxyl groups excluding tert-OH is 1. The van der Waals surface area contributed by atoms with Gasteiger partial charge >= 0.3 is 0 Å². The molecule has 8 heteroatoms. The van der Waals surface area contributed by atoms with Crippen LogP contribution in [0.15, 0.2) is 4.79 Å². The number of rotatable bonds is 3. The second-order valence-corrected chi connectivity index (χ2v) is 2.98. The smallest absolute Gasteiger partial charge is 0.294 e. The van der Waals surface area contributed by atoms with Gasteiger partial charge in [-0.2, -0.15) is 0 Å². The summed E-state index contributed by atoms with van der Waals surface area (Å²) in [6, 6.07) is 0. The highest BCUT2D eigenvalue weighted by Crippen LogP contribution is 2.22. The van der Waals surface area contributed by atoms with Crippen LogP contribution in [0.5, 0.6) is 0 Å². The molecule has 1 rings (SSSR count). The summed E-state index contributed by atoms with van der Waals surface area (Å²) in [5.41, 5.74) is -3.25. The molecule has 0 bridgehead atoms. The molecule has 0 aliphatic rings. The van der Waals surface area contributed by atoms with E-state index in [0.717, 1.165) is 0 Å². The molecule has 0 spiro atoms. The number of nitrogens with one attached hydrogen (secondary N) is 1. The number of pyridine rings is 1. The maximum absolute atomic E-state index is 11.2. The molecule has 0 fully saturated rings. The van der Waals surface area contributed by atoms with Gasteiger partial charge in [0.15, 0.2) is 0 Å². The monoisotopic (exact) mass is 227 g/mol. The molecule has 0 aliphatic heterocycles. The molecule has 0 radical (unpaired) electrons. The Hall–Kier alpha value is -2.22. The van der Waals surface area contributed by atoms with Crippen LogP contribution in [0, 0.1) is 17.0 Å². The van der Waals surface area contributed by atoms with Crippen molar-refractivity contribution in [2.24, 2.45) is 0 Å². The highest BCUT2D eigenvalue weighted by Gasteiger charge is 2.23. The minimum Gasteiger partial charge on any atom is -0.545 e. The maximum Gasteiger partial charge on any atom is 0.294 e. The largest absolute Gasteiger partial charge is 0.545 e. The van der Waals surface area contributed by atoms with Crippen molar-refractivity contribution in [1.82, 2.24) is 4.98 Å². The minimum atomic E-state index is -1.87. The Labute approximate surface area is 88.3 Å². The van der Waals surface area contributed by atoms with Crippen molar-refractivity contribution < 1.29 is 19.9 Å². The normalized spacial score (nSPS) is 10.1. The average molecular weight is 227 g/mol. The first-order chi connectivity index (χ1) is 7.40. The molecule has 1 heterocycles. The fraction of sp³-hybridized carbons (Fsp3) is 0.250. The summed E-state index contributed by atoms with van der Waals surface area (Å²) in [6.07, 6.45) is 0. The Morgan fingerprint density at radius 2 is 2.12 bits per heavy atom. The maximum atomic E-state index is 11.2. The van der Waals surface area contributed by atoms with Crippen molar-refractivity contribution in [2.45, 2.75) is 13.5 Å². The SMILES string of the molecule is Cc1[nH]c(=O)c(C(=O)[O-])c(CO)c1[N+](=O)[O-]. The van der Waals surface area contributed by atoms with Gasteiger partial charge in [0.05, 0.1) is 34.3 Å². The Morgan fingerprint density at radius 1 is 1.56 bits per heavy atom. The van der Waals surface area contributed by atoms with E-state index in [4.69, 9.17) is 5.11 Å². The van der Waals surface area contributed by atoms with Crippen molar-refractivity contribution >= 4 is 11.7 Å². The number of hydrogen-bond donors (Lipinski definition) is 2. The second kappa shape index (κ2) is 4.11. The predicted octanol–water partition coefficient (Wildman–Crippen LogP) is -1.55. The van der Waals surface area contributed by atoms with Gasteiger partial charge in [-0.1, -0.05) is 0 Å². The van der Waals surface area contributed by atoms with Crippen LogP contribution >= 0.6 is 0 Å². The molecule has 2 N–H and O–H groups in total. The van der Waals surface area contributed by atoms with E-state index in [9.17, 15) is 24.8 Å². The van der Waals surface area contributed by atoms with Crippen LogP contribution in [0.4, 0.5) is 5.69 Å². The third-order valence-electron chi connectivity index (χ3n) is 2.02. The summed E-state index contributed by atoms with van der Waals surface area (Å²) in [5.74, 6) is -1.87. The molecule has 0 unspecified atom stereocenters. The van der Waals surface area contributed by atoms with Crippen LogP contribution < -0.4 is 10.7 Å². The number of hydrogen-bond acceptors (Lipinski definition) is 6. The van der Waals surface area contributed by atoms with Crippen molar-refractivity contribution in [1.29, 1.82) is 0 Å². The Kier molecular flexibility index (Phi) is 3.04. The van der Waals surface area contributed by atoms with E-state index >= 15 is 0 Å². The van der Waals surface area contributed by atoms with Gasteiger partial charge in [-0.25, -0.2) is 0 Å². The molecule has 1 aromatic rings. The topological polar surface area (TPSA) is 136 Å². The molecule has 1 aromatic heterocycles. The lowest BCUT2D eigenvalue weighted by Crippen LogP contribution is -2.32. The van der Waals surface area contributed by atoms with Crippen LogP contribution in [-0.2, 0) is 6.61 Å². The molecule has 0 aromatic carbocycles. The van der Waals surface area contributed by atoms with Gasteiger partial charge < -0.3 is 20.0 Å². The number of carboxylic acids is 1. The summed E-state index contributed by atoms with van der Waals surface area (Å²) < 4.78 is 0. The Morgan fingerprint density at radius 3 is 2.50 bits per heavy atom. The van der Waals surface area contributed by atoms with E-state index in [-0.39, 0.29) is 5.69 Å². The van der Waals surface area contributed by atoms with Gasteiger partial charge in [0, 0.05) is 0 Å². The molecule has 0 amide bonds. The zero-order valence-corrected chi connectivity index (χ0v) is 8.14. The third-order valence-corrected chi connectivity index (χ3v) is 2.02. The number of aromatic carboxylic acids is 1. The van der Waals surface area contributed by atoms with Crippen LogP contribution in [0.1, 0.15) is 21.6 Å². The summed E-state index contributed by atoms with van der Waals surface area (Å²) in [7, 11) is 0. The molecule has 0 saturated carbocycles. The first-order valence-corrected chi connectivity index (χ1v) is 4.12. The van der Waals surface area contributed by atoms with Crippen LogP contribution in [0.25, 0.3) is 0 Å². The van der Waals surface area contributed by atoms with Crippen molar-refractivity contribution in [3.05, 3.63) is 37.3 Å². The van der Waals surface area contributed by atoms with Crippen molar-refractivity contribution in [3.8, 4) is 0 Å². The number of H-pyrrole nitrogens is 1. The van der Waals surface area contributed by atoms with Gasteiger partial charge in [-0.3, -0.25) is 14.9 Å². The number of aromatic nitrogens is 1. The van der Waals surface area contributed by atoms with Crippen LogP contribution in [0.2, 0.25) is 0 Å². The van der Waals surface area contributed by atoms with E-state index < -0.39 is 39.9 Å². The first-order valence-electron chi connectivity index (χ1n) is 4.12. The number of carboxylic acid groups (broad SMARTS) is 1.